The molecular weight excluding hydrogens is 387 g/mol. The number of benzene rings is 3. The molecule has 3 rings (SSSR count). The highest BCUT2D eigenvalue weighted by Crippen LogP contribution is 2.24. The number of hydrogen-bond donors (Lipinski definition) is 2. The van der Waals surface area contributed by atoms with Gasteiger partial charge in [-0.05, 0) is 60.2 Å². The smallest absolute Gasteiger partial charge is 0.337 e. The number of hydrogen-bond acceptors (Lipinski definition) is 4. The van der Waals surface area contributed by atoms with Crippen molar-refractivity contribution >= 4 is 41.1 Å². The van der Waals surface area contributed by atoms with Crippen LogP contribution in [0.3, 0.4) is 0 Å². The standard InChI is InChI=1S/C20H14Cl2N2O3/c21-14-4-7-16(8-5-14)27-17-3-1-2-13(10-17)12-23-24-15-6-9-19(22)18(11-15)20(25)26/h1-12,24H,(H,25,26)/b23-12+. The maximum Gasteiger partial charge on any atom is 0.337 e. The average Bonchev–Trinajstić information content (AvgIpc) is 2.65. The average molecular weight is 401 g/mol. The van der Waals surface area contributed by atoms with Gasteiger partial charge in [-0.1, -0.05) is 35.3 Å². The molecule has 0 bridgehead atoms. The highest BCUT2D eigenvalue weighted by atomic mass is 35.5. The Hall–Kier alpha value is -3.02. The second-order valence-electron chi connectivity index (χ2n) is 5.50. The third-order valence-electron chi connectivity index (χ3n) is 3.51. The zero-order valence-electron chi connectivity index (χ0n) is 13.9. The first-order chi connectivity index (χ1) is 13.0. The van der Waals surface area contributed by atoms with Crippen molar-refractivity contribution in [2.24, 2.45) is 5.10 Å². The molecule has 0 saturated carbocycles. The highest BCUT2D eigenvalue weighted by molar-refractivity contribution is 6.33. The molecule has 3 aromatic rings. The minimum atomic E-state index is -1.10. The lowest BCUT2D eigenvalue weighted by Gasteiger charge is -2.06. The van der Waals surface area contributed by atoms with Gasteiger partial charge >= 0.3 is 5.97 Å². The van der Waals surface area contributed by atoms with Crippen LogP contribution in [0.4, 0.5) is 5.69 Å². The fourth-order valence-corrected chi connectivity index (χ4v) is 2.56. The second-order valence-corrected chi connectivity index (χ2v) is 6.34. The van der Waals surface area contributed by atoms with E-state index in [1.54, 1.807) is 36.5 Å². The van der Waals surface area contributed by atoms with Gasteiger partial charge in [-0.15, -0.1) is 0 Å². The van der Waals surface area contributed by atoms with E-state index < -0.39 is 5.97 Å². The molecule has 0 heterocycles. The zero-order valence-corrected chi connectivity index (χ0v) is 15.4. The first kappa shape index (κ1) is 18.8. The summed E-state index contributed by atoms with van der Waals surface area (Å²) in [6.45, 7) is 0. The fraction of sp³-hybridized carbons (Fsp3) is 0. The monoisotopic (exact) mass is 400 g/mol. The van der Waals surface area contributed by atoms with Crippen LogP contribution in [0.2, 0.25) is 10.0 Å². The number of ether oxygens (including phenoxy) is 1. The van der Waals surface area contributed by atoms with Gasteiger partial charge in [0, 0.05) is 5.02 Å². The number of carboxylic acid groups (broad SMARTS) is 1. The Bertz CT molecular complexity index is 989. The van der Waals surface area contributed by atoms with Crippen LogP contribution < -0.4 is 10.2 Å². The molecule has 0 aliphatic carbocycles. The topological polar surface area (TPSA) is 70.9 Å². The Morgan fingerprint density at radius 1 is 1.00 bits per heavy atom. The van der Waals surface area contributed by atoms with Gasteiger partial charge in [0.15, 0.2) is 0 Å². The van der Waals surface area contributed by atoms with Crippen molar-refractivity contribution in [3.8, 4) is 11.5 Å². The summed E-state index contributed by atoms with van der Waals surface area (Å²) in [7, 11) is 0. The van der Waals surface area contributed by atoms with Crippen molar-refractivity contribution in [3.05, 3.63) is 87.9 Å². The number of nitrogens with zero attached hydrogens (tertiary/aromatic N) is 1. The van der Waals surface area contributed by atoms with Gasteiger partial charge in [0.05, 0.1) is 22.5 Å². The van der Waals surface area contributed by atoms with E-state index in [-0.39, 0.29) is 10.6 Å². The lowest BCUT2D eigenvalue weighted by atomic mass is 10.2. The van der Waals surface area contributed by atoms with Gasteiger partial charge in [-0.3, -0.25) is 5.43 Å². The Morgan fingerprint density at radius 3 is 2.52 bits per heavy atom. The number of aromatic carboxylic acids is 1. The van der Waals surface area contributed by atoms with Crippen molar-refractivity contribution in [1.82, 2.24) is 0 Å². The Balaban J connectivity index is 1.68. The van der Waals surface area contributed by atoms with Gasteiger partial charge in [0.25, 0.3) is 0 Å². The molecule has 0 unspecified atom stereocenters. The van der Waals surface area contributed by atoms with Crippen LogP contribution in [0, 0.1) is 0 Å². The number of rotatable bonds is 6. The van der Waals surface area contributed by atoms with Crippen LogP contribution in [0.25, 0.3) is 0 Å². The van der Waals surface area contributed by atoms with E-state index in [0.717, 1.165) is 5.56 Å². The lowest BCUT2D eigenvalue weighted by molar-refractivity contribution is 0.0697. The Labute approximate surface area is 165 Å². The SMILES string of the molecule is O=C(O)c1cc(N/N=C/c2cccc(Oc3ccc(Cl)cc3)c2)ccc1Cl. The predicted octanol–water partition coefficient (Wildman–Crippen LogP) is 5.93. The van der Waals surface area contributed by atoms with E-state index in [0.29, 0.717) is 22.2 Å². The summed E-state index contributed by atoms with van der Waals surface area (Å²) in [5, 5.41) is 14.0. The molecule has 0 aliphatic rings. The quantitative estimate of drug-likeness (QED) is 0.397. The molecule has 5 nitrogen and oxygen atoms in total. The molecular formula is C20H14Cl2N2O3. The number of nitrogens with one attached hydrogen (secondary N) is 1. The molecule has 0 amide bonds. The van der Waals surface area contributed by atoms with Gasteiger partial charge < -0.3 is 9.84 Å². The van der Waals surface area contributed by atoms with E-state index in [4.69, 9.17) is 33.0 Å². The van der Waals surface area contributed by atoms with Gasteiger partial charge in [-0.2, -0.15) is 5.10 Å². The van der Waals surface area contributed by atoms with Crippen LogP contribution in [-0.4, -0.2) is 17.3 Å². The fourth-order valence-electron chi connectivity index (χ4n) is 2.24. The lowest BCUT2D eigenvalue weighted by Crippen LogP contribution is -1.99. The maximum atomic E-state index is 11.1. The van der Waals surface area contributed by atoms with Crippen LogP contribution in [-0.2, 0) is 0 Å². The summed E-state index contributed by atoms with van der Waals surface area (Å²) in [6, 6.07) is 19.0. The normalized spacial score (nSPS) is 10.7. The predicted molar refractivity (Wildman–Crippen MR) is 108 cm³/mol. The van der Waals surface area contributed by atoms with Crippen LogP contribution in [0.1, 0.15) is 15.9 Å². The number of halogens is 2. The van der Waals surface area contributed by atoms with E-state index in [9.17, 15) is 4.79 Å². The van der Waals surface area contributed by atoms with Crippen molar-refractivity contribution in [2.45, 2.75) is 0 Å². The van der Waals surface area contributed by atoms with Crippen molar-refractivity contribution in [1.29, 1.82) is 0 Å². The van der Waals surface area contributed by atoms with E-state index in [1.165, 1.54) is 12.1 Å². The van der Waals surface area contributed by atoms with Crippen molar-refractivity contribution in [2.75, 3.05) is 5.43 Å². The summed E-state index contributed by atoms with van der Waals surface area (Å²) < 4.78 is 5.77. The summed E-state index contributed by atoms with van der Waals surface area (Å²) >= 11 is 11.7. The number of hydrazone groups is 1. The van der Waals surface area contributed by atoms with Crippen LogP contribution >= 0.6 is 23.2 Å². The third-order valence-corrected chi connectivity index (χ3v) is 4.09. The Morgan fingerprint density at radius 2 is 1.78 bits per heavy atom. The van der Waals surface area contributed by atoms with E-state index in [1.807, 2.05) is 24.3 Å². The first-order valence-corrected chi connectivity index (χ1v) is 8.62. The first-order valence-electron chi connectivity index (χ1n) is 7.87. The molecule has 0 radical (unpaired) electrons. The number of carboxylic acids is 1. The zero-order chi connectivity index (χ0) is 19.2. The number of carbonyl (C=O) groups is 1. The van der Waals surface area contributed by atoms with Gasteiger partial charge in [0.2, 0.25) is 0 Å². The molecule has 136 valence electrons. The molecule has 0 aliphatic heterocycles. The molecule has 27 heavy (non-hydrogen) atoms. The third kappa shape index (κ3) is 5.23. The maximum absolute atomic E-state index is 11.1. The molecule has 7 heteroatoms. The van der Waals surface area contributed by atoms with Crippen LogP contribution in [0.15, 0.2) is 71.8 Å². The van der Waals surface area contributed by atoms with Gasteiger partial charge in [0.1, 0.15) is 11.5 Å². The van der Waals surface area contributed by atoms with Crippen molar-refractivity contribution in [3.63, 3.8) is 0 Å². The van der Waals surface area contributed by atoms with E-state index >= 15 is 0 Å². The van der Waals surface area contributed by atoms with Crippen LogP contribution in [0.5, 0.6) is 11.5 Å². The molecule has 2 N–H and O–H groups in total. The summed E-state index contributed by atoms with van der Waals surface area (Å²) in [6.07, 6.45) is 1.60. The Kier molecular flexibility index (Phi) is 5.96. The number of anilines is 1. The summed E-state index contributed by atoms with van der Waals surface area (Å²) in [5.41, 5.74) is 4.11. The highest BCUT2D eigenvalue weighted by Gasteiger charge is 2.08. The molecule has 0 atom stereocenters. The minimum absolute atomic E-state index is 0.00947. The molecule has 0 aromatic heterocycles. The summed E-state index contributed by atoms with van der Waals surface area (Å²) in [5.74, 6) is 0.231. The molecule has 3 aromatic carbocycles. The summed E-state index contributed by atoms with van der Waals surface area (Å²) in [4.78, 5) is 11.1. The second kappa shape index (κ2) is 8.58. The van der Waals surface area contributed by atoms with E-state index in [2.05, 4.69) is 10.5 Å². The van der Waals surface area contributed by atoms with Gasteiger partial charge in [-0.25, -0.2) is 4.79 Å². The molecule has 0 fully saturated rings. The largest absolute Gasteiger partial charge is 0.478 e. The molecule has 0 saturated heterocycles. The van der Waals surface area contributed by atoms with Crippen molar-refractivity contribution < 1.29 is 14.6 Å². The minimum Gasteiger partial charge on any atom is -0.478 e. The molecule has 0 spiro atoms.